The molecule has 1 fully saturated rings. The quantitative estimate of drug-likeness (QED) is 0.764. The van der Waals surface area contributed by atoms with Crippen molar-refractivity contribution in [2.75, 3.05) is 13.1 Å². The molecule has 2 rings (SSSR count). The van der Waals surface area contributed by atoms with Crippen LogP contribution in [-0.2, 0) is 6.54 Å². The van der Waals surface area contributed by atoms with E-state index in [1.165, 1.54) is 32.1 Å². The van der Waals surface area contributed by atoms with Gasteiger partial charge in [0.25, 0.3) is 5.56 Å². The molecule has 0 spiro atoms. The minimum Gasteiger partial charge on any atom is -0.315 e. The lowest BCUT2D eigenvalue weighted by Crippen LogP contribution is -2.27. The summed E-state index contributed by atoms with van der Waals surface area (Å²) in [6.45, 7) is 2.74. The average Bonchev–Trinajstić information content (AvgIpc) is 2.84. The molecule has 1 aliphatic carbocycles. The van der Waals surface area contributed by atoms with Crippen LogP contribution in [-0.4, -0.2) is 17.7 Å². The largest absolute Gasteiger partial charge is 0.315 e. The van der Waals surface area contributed by atoms with E-state index in [0.717, 1.165) is 25.6 Å². The summed E-state index contributed by atoms with van der Waals surface area (Å²) in [5.74, 6) is 0.946. The van der Waals surface area contributed by atoms with Crippen molar-refractivity contribution in [1.29, 1.82) is 0 Å². The second-order valence-corrected chi connectivity index (χ2v) is 4.92. The van der Waals surface area contributed by atoms with Gasteiger partial charge in [0.2, 0.25) is 0 Å². The molecule has 0 radical (unpaired) electrons. The van der Waals surface area contributed by atoms with E-state index < -0.39 is 0 Å². The first-order chi connectivity index (χ1) is 8.36. The zero-order valence-corrected chi connectivity index (χ0v) is 10.4. The Morgan fingerprint density at radius 1 is 1.24 bits per heavy atom. The third-order valence-corrected chi connectivity index (χ3v) is 3.63. The molecule has 0 saturated heterocycles. The zero-order chi connectivity index (χ0) is 11.9. The highest BCUT2D eigenvalue weighted by Crippen LogP contribution is 2.26. The molecular weight excluding hydrogens is 212 g/mol. The third-order valence-electron chi connectivity index (χ3n) is 3.63. The van der Waals surface area contributed by atoms with Gasteiger partial charge in [-0.15, -0.1) is 0 Å². The maximum absolute atomic E-state index is 11.4. The van der Waals surface area contributed by atoms with Gasteiger partial charge in [-0.25, -0.2) is 0 Å². The lowest BCUT2D eigenvalue weighted by atomic mass is 10.0. The van der Waals surface area contributed by atoms with Crippen molar-refractivity contribution in [3.05, 3.63) is 34.7 Å². The summed E-state index contributed by atoms with van der Waals surface area (Å²) in [4.78, 5) is 11.4. The second-order valence-electron chi connectivity index (χ2n) is 4.92. The highest BCUT2D eigenvalue weighted by molar-refractivity contribution is 4.93. The standard InChI is InChI=1S/C14H22N2O/c17-14-7-3-4-11-16(14)12-10-15-9-8-13-5-1-2-6-13/h3-4,7,11,13,15H,1-2,5-6,8-10,12H2. The summed E-state index contributed by atoms with van der Waals surface area (Å²) in [5.41, 5.74) is 0.0880. The Balaban J connectivity index is 1.60. The van der Waals surface area contributed by atoms with Gasteiger partial charge in [-0.1, -0.05) is 31.7 Å². The topological polar surface area (TPSA) is 34.0 Å². The van der Waals surface area contributed by atoms with Crippen LogP contribution in [0.25, 0.3) is 0 Å². The number of hydrogen-bond acceptors (Lipinski definition) is 2. The number of pyridine rings is 1. The van der Waals surface area contributed by atoms with E-state index in [2.05, 4.69) is 5.32 Å². The normalized spacial score (nSPS) is 16.5. The molecule has 0 amide bonds. The highest BCUT2D eigenvalue weighted by Gasteiger charge is 2.13. The first-order valence-corrected chi connectivity index (χ1v) is 6.72. The molecule has 3 heteroatoms. The van der Waals surface area contributed by atoms with Gasteiger partial charge in [-0.3, -0.25) is 4.79 Å². The van der Waals surface area contributed by atoms with Crippen molar-refractivity contribution in [2.24, 2.45) is 5.92 Å². The first kappa shape index (κ1) is 12.4. The summed E-state index contributed by atoms with van der Waals surface area (Å²) in [5, 5.41) is 3.43. The fourth-order valence-electron chi connectivity index (χ4n) is 2.58. The highest BCUT2D eigenvalue weighted by atomic mass is 16.1. The molecule has 0 atom stereocenters. The summed E-state index contributed by atoms with van der Waals surface area (Å²) in [6.07, 6.45) is 8.82. The molecule has 17 heavy (non-hydrogen) atoms. The molecule has 0 unspecified atom stereocenters. The Morgan fingerprint density at radius 3 is 2.82 bits per heavy atom. The van der Waals surface area contributed by atoms with Gasteiger partial charge in [0.1, 0.15) is 0 Å². The van der Waals surface area contributed by atoms with Gasteiger partial charge in [0.15, 0.2) is 0 Å². The van der Waals surface area contributed by atoms with Crippen LogP contribution in [0, 0.1) is 5.92 Å². The predicted molar refractivity (Wildman–Crippen MR) is 70.1 cm³/mol. The van der Waals surface area contributed by atoms with Crippen LogP contribution in [0.1, 0.15) is 32.1 Å². The number of hydrogen-bond donors (Lipinski definition) is 1. The van der Waals surface area contributed by atoms with E-state index in [9.17, 15) is 4.79 Å². The molecule has 0 aromatic carbocycles. The number of nitrogens with one attached hydrogen (secondary N) is 1. The molecule has 1 saturated carbocycles. The van der Waals surface area contributed by atoms with Crippen molar-refractivity contribution in [2.45, 2.75) is 38.6 Å². The van der Waals surface area contributed by atoms with Gasteiger partial charge < -0.3 is 9.88 Å². The smallest absolute Gasteiger partial charge is 0.250 e. The lowest BCUT2D eigenvalue weighted by Gasteiger charge is -2.10. The number of rotatable bonds is 6. The zero-order valence-electron chi connectivity index (χ0n) is 10.4. The maximum Gasteiger partial charge on any atom is 0.250 e. The van der Waals surface area contributed by atoms with Gasteiger partial charge >= 0.3 is 0 Å². The predicted octanol–water partition coefficient (Wildman–Crippen LogP) is 2.02. The van der Waals surface area contributed by atoms with E-state index in [4.69, 9.17) is 0 Å². The Labute approximate surface area is 103 Å². The van der Waals surface area contributed by atoms with Crippen LogP contribution in [0.5, 0.6) is 0 Å². The average molecular weight is 234 g/mol. The van der Waals surface area contributed by atoms with Gasteiger partial charge in [-0.2, -0.15) is 0 Å². The Hall–Kier alpha value is -1.09. The van der Waals surface area contributed by atoms with Crippen LogP contribution in [0.3, 0.4) is 0 Å². The summed E-state index contributed by atoms with van der Waals surface area (Å²) >= 11 is 0. The molecule has 1 heterocycles. The monoisotopic (exact) mass is 234 g/mol. The van der Waals surface area contributed by atoms with E-state index >= 15 is 0 Å². The molecule has 1 N–H and O–H groups in total. The summed E-state index contributed by atoms with van der Waals surface area (Å²) < 4.78 is 1.75. The van der Waals surface area contributed by atoms with E-state index in [0.29, 0.717) is 0 Å². The summed E-state index contributed by atoms with van der Waals surface area (Å²) in [7, 11) is 0. The minimum atomic E-state index is 0.0880. The summed E-state index contributed by atoms with van der Waals surface area (Å²) in [6, 6.07) is 5.30. The Bertz CT molecular complexity index is 380. The van der Waals surface area contributed by atoms with Crippen molar-refractivity contribution < 1.29 is 0 Å². The van der Waals surface area contributed by atoms with E-state index in [1.807, 2.05) is 12.3 Å². The van der Waals surface area contributed by atoms with Crippen molar-refractivity contribution in [3.63, 3.8) is 0 Å². The fraction of sp³-hybridized carbons (Fsp3) is 0.643. The van der Waals surface area contributed by atoms with Crippen LogP contribution < -0.4 is 10.9 Å². The molecular formula is C14H22N2O. The Morgan fingerprint density at radius 2 is 2.06 bits per heavy atom. The Kier molecular flexibility index (Phi) is 4.80. The molecule has 1 aliphatic rings. The van der Waals surface area contributed by atoms with Crippen LogP contribution in [0.2, 0.25) is 0 Å². The first-order valence-electron chi connectivity index (χ1n) is 6.72. The SMILES string of the molecule is O=c1ccccn1CCNCCC1CCCC1. The van der Waals surface area contributed by atoms with Crippen molar-refractivity contribution >= 4 is 0 Å². The van der Waals surface area contributed by atoms with Crippen LogP contribution in [0.4, 0.5) is 0 Å². The van der Waals surface area contributed by atoms with E-state index in [1.54, 1.807) is 16.7 Å². The molecule has 0 bridgehead atoms. The second kappa shape index (κ2) is 6.60. The molecule has 3 nitrogen and oxygen atoms in total. The maximum atomic E-state index is 11.4. The third kappa shape index (κ3) is 4.00. The van der Waals surface area contributed by atoms with Crippen LogP contribution in [0.15, 0.2) is 29.2 Å². The molecule has 1 aromatic heterocycles. The number of aromatic nitrogens is 1. The van der Waals surface area contributed by atoms with Crippen molar-refractivity contribution in [1.82, 2.24) is 9.88 Å². The van der Waals surface area contributed by atoms with Crippen LogP contribution >= 0.6 is 0 Å². The van der Waals surface area contributed by atoms with Gasteiger partial charge in [-0.05, 0) is 24.9 Å². The fourth-order valence-corrected chi connectivity index (χ4v) is 2.58. The van der Waals surface area contributed by atoms with Gasteiger partial charge in [0, 0.05) is 25.4 Å². The van der Waals surface area contributed by atoms with E-state index in [-0.39, 0.29) is 5.56 Å². The number of nitrogens with zero attached hydrogens (tertiary/aromatic N) is 1. The van der Waals surface area contributed by atoms with Gasteiger partial charge in [0.05, 0.1) is 0 Å². The molecule has 0 aliphatic heterocycles. The van der Waals surface area contributed by atoms with Crippen molar-refractivity contribution in [3.8, 4) is 0 Å². The molecule has 94 valence electrons. The molecule has 1 aromatic rings. The lowest BCUT2D eigenvalue weighted by molar-refractivity contribution is 0.469. The minimum absolute atomic E-state index is 0.0880.